The number of ether oxygens (including phenoxy) is 9. The van der Waals surface area contributed by atoms with Gasteiger partial charge in [0.05, 0.1) is 34.2 Å². The number of carboxylic acid groups (broad SMARTS) is 2. The number of amides is 5. The summed E-state index contributed by atoms with van der Waals surface area (Å²) in [6, 6.07) is 4.46. The number of hydrogen-bond donors (Lipinski definition) is 7. The van der Waals surface area contributed by atoms with Crippen LogP contribution in [0.2, 0.25) is 15.1 Å². The summed E-state index contributed by atoms with van der Waals surface area (Å²) in [4.78, 5) is 136. The zero-order valence-electron chi connectivity index (χ0n) is 68.9. The van der Waals surface area contributed by atoms with Crippen molar-refractivity contribution in [3.8, 4) is 17.6 Å². The molecular formula is C80H119Cl3N10O21. The van der Waals surface area contributed by atoms with Crippen LogP contribution in [0.25, 0.3) is 0 Å². The number of esters is 3. The molecule has 3 aliphatic heterocycles. The van der Waals surface area contributed by atoms with Crippen molar-refractivity contribution in [3.63, 3.8) is 0 Å². The first-order valence-electron chi connectivity index (χ1n) is 37.5. The van der Waals surface area contributed by atoms with Gasteiger partial charge in [0.15, 0.2) is 0 Å². The molecule has 3 saturated heterocycles. The van der Waals surface area contributed by atoms with Crippen molar-refractivity contribution < 1.29 is 101 Å². The Balaban J connectivity index is 0.000000380. The van der Waals surface area contributed by atoms with E-state index in [1.807, 2.05) is 41.5 Å². The summed E-state index contributed by atoms with van der Waals surface area (Å²) in [5.74, 6) is -2.94. The quantitative estimate of drug-likeness (QED) is 0.0263. The molecule has 4 aliphatic rings. The van der Waals surface area contributed by atoms with Crippen LogP contribution in [-0.4, -0.2) is 212 Å². The van der Waals surface area contributed by atoms with E-state index in [1.54, 1.807) is 126 Å². The Bertz CT molecular complexity index is 3660. The molecule has 114 heavy (non-hydrogen) atoms. The Morgan fingerprint density at radius 3 is 1.19 bits per heavy atom. The number of carbonyl (C=O) groups is 10. The lowest BCUT2D eigenvalue weighted by Crippen LogP contribution is -2.57. The van der Waals surface area contributed by atoms with Crippen molar-refractivity contribution in [2.24, 2.45) is 27.9 Å². The minimum Gasteiger partial charge on any atom is -0.480 e. The first kappa shape index (κ1) is 99.2. The number of carboxylic acids is 2. The first-order valence-corrected chi connectivity index (χ1v) is 38.6. The lowest BCUT2D eigenvalue weighted by Gasteiger charge is -2.35. The van der Waals surface area contributed by atoms with E-state index in [0.717, 1.165) is 32.1 Å². The lowest BCUT2D eigenvalue weighted by atomic mass is 9.84. The highest BCUT2D eigenvalue weighted by molar-refractivity contribution is 6.31. The average molecular weight is 1660 g/mol. The molecule has 31 nitrogen and oxygen atoms in total. The summed E-state index contributed by atoms with van der Waals surface area (Å²) in [5, 5.41) is 30.3. The van der Waals surface area contributed by atoms with Gasteiger partial charge in [0, 0.05) is 62.6 Å². The van der Waals surface area contributed by atoms with Crippen LogP contribution in [-0.2, 0) is 62.0 Å². The van der Waals surface area contributed by atoms with E-state index in [2.05, 4.69) is 56.0 Å². The fraction of sp³-hybridized carbons (Fsp3) is 0.613. The topological polar surface area (TPSA) is 414 Å². The van der Waals surface area contributed by atoms with Crippen LogP contribution in [0.5, 0.6) is 17.6 Å². The molecule has 10 atom stereocenters. The first-order chi connectivity index (χ1) is 52.7. The summed E-state index contributed by atoms with van der Waals surface area (Å²) in [6.45, 7) is 43.7. The number of aliphatic carboxylic acids is 2. The number of carbonyl (C=O) groups excluding carboxylic acids is 8. The fourth-order valence-corrected chi connectivity index (χ4v) is 11.7. The highest BCUT2D eigenvalue weighted by Crippen LogP contribution is 2.32. The van der Waals surface area contributed by atoms with Crippen LogP contribution < -0.4 is 41.2 Å². The zero-order valence-corrected chi connectivity index (χ0v) is 71.2. The summed E-state index contributed by atoms with van der Waals surface area (Å²) in [6.07, 6.45) is 11.8. The van der Waals surface area contributed by atoms with Gasteiger partial charge in [-0.15, -0.1) is 0 Å². The van der Waals surface area contributed by atoms with Crippen LogP contribution in [0.4, 0.5) is 14.4 Å². The van der Waals surface area contributed by atoms with Crippen molar-refractivity contribution in [3.05, 3.63) is 108 Å². The van der Waals surface area contributed by atoms with Gasteiger partial charge < -0.3 is 89.6 Å². The number of likely N-dealkylation sites (tertiary alicyclic amines) is 2. The van der Waals surface area contributed by atoms with Crippen molar-refractivity contribution in [2.75, 3.05) is 39.5 Å². The second-order valence-electron chi connectivity index (χ2n) is 33.5. The normalized spacial score (nSPS) is 19.3. The molecule has 0 spiro atoms. The second kappa shape index (κ2) is 45.3. The smallest absolute Gasteiger partial charge is 0.408 e. The predicted octanol–water partition coefficient (Wildman–Crippen LogP) is 12.1. The zero-order chi connectivity index (χ0) is 86.4. The number of pyridine rings is 3. The standard InChI is InChI=1S/C24H34ClN3O6.C19H26ClN3O4.C13H15ClN2O3.C13H23NO4.C11H21NO4/c1-8-11-32-21(30)17-12-16(33-18-10-9-15(25)13-26-18)14-28(17)20(29)19(23(2,3)4)27-22(31)34-24(5,6)7;1-5-8-26-18(25)14-9-13(27-15-7-6-12(20)10-22-15)11-23(14)17(24)16(21)19(2,3)4;1-2-5-18-13(17)11-6-10(8-15-11)19-12-4-3-9(14)7-16-12;1-13(2,3)18-12(17)14-10(11(15)16)9-7-5-4-6-8-9;1-10(2,3)7(8(13)14)12-9(15)16-11(4,5)6/h8-10,13,16-17,19H,1,11-12,14H2,2-7H3,(H,27,31);5-7,10,13-14,16H,1,8-9,11,21H2,2-4H3;2-4,7,10-11,15H,1,5-6,8H2;9-10H,4-8H2,1-3H3,(H,14,17)(H,15,16);7H,1-6H3,(H,12,15)(H,13,14)/t16-,17+,19-;13-,14+,16-;10-,11+;10-;7-/m11101/s1. The highest BCUT2D eigenvalue weighted by atomic mass is 35.5. The van der Waals surface area contributed by atoms with Crippen LogP contribution in [0.1, 0.15) is 176 Å². The molecular weight excluding hydrogens is 1540 g/mol. The third-order valence-corrected chi connectivity index (χ3v) is 17.5. The van der Waals surface area contributed by atoms with Gasteiger partial charge >= 0.3 is 48.1 Å². The third-order valence-electron chi connectivity index (χ3n) is 16.8. The monoisotopic (exact) mass is 1660 g/mol. The summed E-state index contributed by atoms with van der Waals surface area (Å²) in [7, 11) is 0. The second-order valence-corrected chi connectivity index (χ2v) is 34.8. The van der Waals surface area contributed by atoms with E-state index in [-0.39, 0.29) is 69.3 Å². The van der Waals surface area contributed by atoms with E-state index < -0.39 is 130 Å². The molecule has 3 aromatic rings. The number of nitrogens with two attached hydrogens (primary N) is 1. The Kier molecular flexibility index (Phi) is 39.4. The minimum atomic E-state index is -1.07. The number of nitrogens with zero attached hydrogens (tertiary/aromatic N) is 5. The van der Waals surface area contributed by atoms with Crippen LogP contribution in [0.3, 0.4) is 0 Å². The third kappa shape index (κ3) is 36.6. The molecule has 0 aromatic carbocycles. The summed E-state index contributed by atoms with van der Waals surface area (Å²) in [5.41, 5.74) is 2.47. The molecule has 3 aromatic heterocycles. The number of rotatable bonds is 23. The SMILES string of the molecule is C=CCOC(=O)[C@@H]1C[C@@H](Oc2ccc(Cl)cn2)CN1.C=CCOC(=O)[C@@H]1C[C@@H](Oc2ccc(Cl)cn2)CN1C(=O)[C@@H](N)C(C)(C)C.C=CCOC(=O)[C@@H]1C[C@@H](Oc2ccc(Cl)cn2)CN1C(=O)[C@@H](NC(=O)OC(C)(C)C)C(C)(C)C.CC(C)(C)OC(=O)N[C@H](C(=O)O)C(C)(C)C.CC(C)(C)OC(=O)N[C@H](C(=O)O)C1CCCCC1. The Hall–Kier alpha value is -9.04. The maximum atomic E-state index is 13.7. The summed E-state index contributed by atoms with van der Waals surface area (Å²) < 4.78 is 48.2. The van der Waals surface area contributed by atoms with Crippen molar-refractivity contribution in [2.45, 2.75) is 253 Å². The number of halogens is 3. The van der Waals surface area contributed by atoms with E-state index in [4.69, 9.17) is 88.3 Å². The van der Waals surface area contributed by atoms with Gasteiger partial charge in [-0.05, 0) is 116 Å². The van der Waals surface area contributed by atoms with E-state index in [9.17, 15) is 53.1 Å². The number of nitrogens with one attached hydrogen (secondary N) is 4. The number of alkyl carbamates (subject to hydrolysis) is 3. The van der Waals surface area contributed by atoms with Gasteiger partial charge in [-0.25, -0.2) is 48.5 Å². The van der Waals surface area contributed by atoms with Crippen molar-refractivity contribution in [1.29, 1.82) is 0 Å². The number of hydrogen-bond acceptors (Lipinski definition) is 24. The Morgan fingerprint density at radius 2 is 0.860 bits per heavy atom. The van der Waals surface area contributed by atoms with Crippen molar-refractivity contribution in [1.82, 2.24) is 46.0 Å². The van der Waals surface area contributed by atoms with Crippen LogP contribution >= 0.6 is 34.8 Å². The molecule has 0 bridgehead atoms. The molecule has 8 N–H and O–H groups in total. The number of aromatic nitrogens is 3. The molecule has 636 valence electrons. The van der Waals surface area contributed by atoms with E-state index in [1.165, 1.54) is 40.5 Å². The minimum absolute atomic E-state index is 0.0144. The van der Waals surface area contributed by atoms with Gasteiger partial charge in [-0.3, -0.25) is 14.4 Å². The molecule has 0 unspecified atom stereocenters. The van der Waals surface area contributed by atoms with E-state index >= 15 is 0 Å². The molecule has 7 rings (SSSR count). The molecule has 1 aliphatic carbocycles. The molecule has 0 radical (unpaired) electrons. The van der Waals surface area contributed by atoms with Gasteiger partial charge in [-0.2, -0.15) is 0 Å². The maximum absolute atomic E-state index is 13.7. The molecule has 1 saturated carbocycles. The Labute approximate surface area is 684 Å². The van der Waals surface area contributed by atoms with Crippen molar-refractivity contribution >= 4 is 94.7 Å². The maximum Gasteiger partial charge on any atom is 0.408 e. The molecule has 5 amide bonds. The van der Waals surface area contributed by atoms with Gasteiger partial charge in [-0.1, -0.05) is 154 Å². The van der Waals surface area contributed by atoms with E-state index in [0.29, 0.717) is 52.1 Å². The molecule has 6 heterocycles. The lowest BCUT2D eigenvalue weighted by molar-refractivity contribution is -0.153. The summed E-state index contributed by atoms with van der Waals surface area (Å²) >= 11 is 17.5. The average Bonchev–Trinajstić information content (AvgIpc) is 1.65. The largest absolute Gasteiger partial charge is 0.480 e. The fourth-order valence-electron chi connectivity index (χ4n) is 11.3. The van der Waals surface area contributed by atoms with Gasteiger partial charge in [0.1, 0.15) is 91.2 Å². The van der Waals surface area contributed by atoms with Crippen LogP contribution in [0.15, 0.2) is 93.0 Å². The van der Waals surface area contributed by atoms with Gasteiger partial charge in [0.2, 0.25) is 29.5 Å². The van der Waals surface area contributed by atoms with Crippen LogP contribution in [0, 0.1) is 22.2 Å². The Morgan fingerprint density at radius 1 is 0.500 bits per heavy atom. The molecule has 34 heteroatoms. The molecule has 4 fully saturated rings. The predicted molar refractivity (Wildman–Crippen MR) is 429 cm³/mol. The highest BCUT2D eigenvalue weighted by Gasteiger charge is 2.48. The van der Waals surface area contributed by atoms with Gasteiger partial charge in [0.25, 0.3) is 0 Å².